The number of hydrogen-bond acceptors (Lipinski definition) is 1. The van der Waals surface area contributed by atoms with Crippen molar-refractivity contribution < 1.29 is 35.8 Å². The topological polar surface area (TPSA) is 20.2 Å². The van der Waals surface area contributed by atoms with Gasteiger partial charge in [-0.25, -0.2) is 4.39 Å². The van der Waals surface area contributed by atoms with Crippen molar-refractivity contribution in [3.63, 3.8) is 0 Å². The normalized spacial score (nSPS) is 13.1. The van der Waals surface area contributed by atoms with E-state index in [1.54, 1.807) is 0 Å². The highest BCUT2D eigenvalue weighted by atomic mass is 19.4. The van der Waals surface area contributed by atoms with Crippen LogP contribution in [0.3, 0.4) is 0 Å². The molecule has 0 aromatic rings. The van der Waals surface area contributed by atoms with E-state index in [1.807, 2.05) is 13.8 Å². The van der Waals surface area contributed by atoms with Gasteiger partial charge in [-0.2, -0.15) is 26.3 Å². The van der Waals surface area contributed by atoms with Crippen molar-refractivity contribution in [3.8, 4) is 0 Å². The summed E-state index contributed by atoms with van der Waals surface area (Å²) in [7, 11) is 0. The molecular weight excluding hydrogens is 245 g/mol. The average molecular weight is 258 g/mol. The molecule has 0 aliphatic heterocycles. The van der Waals surface area contributed by atoms with E-state index in [0.29, 0.717) is 0 Å². The van der Waals surface area contributed by atoms with Crippen LogP contribution in [0, 0.1) is 0 Å². The Morgan fingerprint density at radius 1 is 0.812 bits per heavy atom. The molecule has 0 saturated carbocycles. The molecule has 0 spiro atoms. The number of alkyl halides is 7. The molecule has 0 fully saturated rings. The Hall–Kier alpha value is -0.530. The van der Waals surface area contributed by atoms with Crippen LogP contribution in [0.1, 0.15) is 26.7 Å². The van der Waals surface area contributed by atoms with E-state index < -0.39 is 37.5 Å². The van der Waals surface area contributed by atoms with E-state index in [1.165, 1.54) is 0 Å². The van der Waals surface area contributed by atoms with Gasteiger partial charge in [-0.15, -0.1) is 0 Å². The van der Waals surface area contributed by atoms with Gasteiger partial charge in [0, 0.05) is 13.0 Å². The maximum Gasteiger partial charge on any atom is 0.431 e. The molecule has 0 aliphatic carbocycles. The summed E-state index contributed by atoms with van der Waals surface area (Å²) in [5, 5.41) is 8.06. The monoisotopic (exact) mass is 258 g/mol. The van der Waals surface area contributed by atoms with Crippen molar-refractivity contribution >= 4 is 0 Å². The third-order valence-corrected chi connectivity index (χ3v) is 1.58. The molecule has 1 nitrogen and oxygen atoms in total. The number of aliphatic hydroxyl groups is 1. The Morgan fingerprint density at radius 2 is 1.12 bits per heavy atom. The van der Waals surface area contributed by atoms with E-state index >= 15 is 0 Å². The predicted octanol–water partition coefficient (Wildman–Crippen LogP) is 3.62. The minimum atomic E-state index is -6.01. The maximum absolute atomic E-state index is 12.6. The fourth-order valence-corrected chi connectivity index (χ4v) is 0.767. The first-order valence-corrected chi connectivity index (χ1v) is 4.49. The number of hydrogen-bond donors (Lipinski definition) is 1. The van der Waals surface area contributed by atoms with Crippen LogP contribution in [0.5, 0.6) is 0 Å². The number of halogens is 7. The van der Waals surface area contributed by atoms with Crippen molar-refractivity contribution in [2.24, 2.45) is 0 Å². The zero-order valence-electron chi connectivity index (χ0n) is 8.71. The zero-order valence-corrected chi connectivity index (χ0v) is 8.71. The average Bonchev–Trinajstić information content (AvgIpc) is 2.13. The lowest BCUT2D eigenvalue weighted by molar-refractivity contribution is -0.343. The van der Waals surface area contributed by atoms with E-state index in [4.69, 9.17) is 5.11 Å². The first-order chi connectivity index (χ1) is 7.06. The summed E-state index contributed by atoms with van der Waals surface area (Å²) in [4.78, 5) is 0. The summed E-state index contributed by atoms with van der Waals surface area (Å²) in [5.74, 6) is 0. The largest absolute Gasteiger partial charge is 0.431 e. The molecule has 0 radical (unpaired) electrons. The van der Waals surface area contributed by atoms with Crippen LogP contribution >= 0.6 is 0 Å². The Morgan fingerprint density at radius 3 is 1.31 bits per heavy atom. The quantitative estimate of drug-likeness (QED) is 0.766. The van der Waals surface area contributed by atoms with Gasteiger partial charge in [0.05, 0.1) is 0 Å². The lowest BCUT2D eigenvalue weighted by Gasteiger charge is -2.29. The Kier molecular flexibility index (Phi) is 6.99. The highest BCUT2D eigenvalue weighted by Gasteiger charge is 2.71. The molecule has 0 unspecified atom stereocenters. The fourth-order valence-electron chi connectivity index (χ4n) is 0.767. The second-order valence-electron chi connectivity index (χ2n) is 2.62. The van der Waals surface area contributed by atoms with Crippen molar-refractivity contribution in [2.45, 2.75) is 44.7 Å². The minimum Gasteiger partial charge on any atom is -0.396 e. The van der Waals surface area contributed by atoms with E-state index in [2.05, 4.69) is 0 Å². The van der Waals surface area contributed by atoms with Crippen molar-refractivity contribution in [3.05, 3.63) is 0 Å². The Labute approximate surface area is 88.3 Å². The SMILES string of the molecule is CC.OCCCC(F)(C(F)(F)F)C(F)(F)F. The Balaban J connectivity index is 0. The van der Waals surface area contributed by atoms with Crippen LogP contribution in [0.25, 0.3) is 0 Å². The third-order valence-electron chi connectivity index (χ3n) is 1.58. The number of aliphatic hydroxyl groups excluding tert-OH is 1. The highest BCUT2D eigenvalue weighted by Crippen LogP contribution is 2.48. The predicted molar refractivity (Wildman–Crippen MR) is 43.6 cm³/mol. The van der Waals surface area contributed by atoms with Gasteiger partial charge in [-0.05, 0) is 6.42 Å². The van der Waals surface area contributed by atoms with E-state index in [0.717, 1.165) is 0 Å². The van der Waals surface area contributed by atoms with Gasteiger partial charge < -0.3 is 5.11 Å². The first kappa shape index (κ1) is 17.9. The van der Waals surface area contributed by atoms with Crippen LogP contribution in [-0.4, -0.2) is 29.7 Å². The van der Waals surface area contributed by atoms with Gasteiger partial charge in [-0.1, -0.05) is 13.8 Å². The molecule has 8 heteroatoms. The maximum atomic E-state index is 12.6. The fraction of sp³-hybridized carbons (Fsp3) is 1.00. The highest BCUT2D eigenvalue weighted by molar-refractivity contribution is 4.94. The molecule has 0 amide bonds. The smallest absolute Gasteiger partial charge is 0.396 e. The molecular formula is C8H13F7O. The molecule has 0 aromatic carbocycles. The molecule has 0 aromatic heterocycles. The van der Waals surface area contributed by atoms with Crippen molar-refractivity contribution in [1.82, 2.24) is 0 Å². The Bertz CT molecular complexity index is 170. The second-order valence-corrected chi connectivity index (χ2v) is 2.62. The summed E-state index contributed by atoms with van der Waals surface area (Å²) in [6.07, 6.45) is -14.8. The van der Waals surface area contributed by atoms with Crippen molar-refractivity contribution in [2.75, 3.05) is 6.61 Å². The second kappa shape index (κ2) is 6.27. The summed E-state index contributed by atoms with van der Waals surface area (Å²) in [5.41, 5.74) is -5.23. The number of rotatable bonds is 3. The van der Waals surface area contributed by atoms with Crippen LogP contribution in [0.4, 0.5) is 30.7 Å². The molecule has 100 valence electrons. The molecule has 0 atom stereocenters. The zero-order chi connectivity index (χ0) is 13.6. The van der Waals surface area contributed by atoms with Gasteiger partial charge in [0.2, 0.25) is 0 Å². The van der Waals surface area contributed by atoms with Gasteiger partial charge in [0.25, 0.3) is 5.67 Å². The van der Waals surface area contributed by atoms with Crippen LogP contribution in [0.15, 0.2) is 0 Å². The van der Waals surface area contributed by atoms with Gasteiger partial charge >= 0.3 is 12.4 Å². The van der Waals surface area contributed by atoms with Gasteiger partial charge in [-0.3, -0.25) is 0 Å². The van der Waals surface area contributed by atoms with E-state index in [-0.39, 0.29) is 0 Å². The molecule has 0 heterocycles. The summed E-state index contributed by atoms with van der Waals surface area (Å²) >= 11 is 0. The van der Waals surface area contributed by atoms with Crippen molar-refractivity contribution in [1.29, 1.82) is 0 Å². The van der Waals surface area contributed by atoms with Gasteiger partial charge in [0.15, 0.2) is 0 Å². The third kappa shape index (κ3) is 4.15. The van der Waals surface area contributed by atoms with E-state index in [9.17, 15) is 30.7 Å². The summed E-state index contributed by atoms with van der Waals surface area (Å²) < 4.78 is 83.1. The summed E-state index contributed by atoms with van der Waals surface area (Å²) in [6.45, 7) is 3.07. The lowest BCUT2D eigenvalue weighted by Crippen LogP contribution is -2.53. The van der Waals surface area contributed by atoms with Gasteiger partial charge in [0.1, 0.15) is 0 Å². The first-order valence-electron chi connectivity index (χ1n) is 4.49. The van der Waals surface area contributed by atoms with Crippen LogP contribution in [0.2, 0.25) is 0 Å². The summed E-state index contributed by atoms with van der Waals surface area (Å²) in [6, 6.07) is 0. The molecule has 0 bridgehead atoms. The lowest BCUT2D eigenvalue weighted by atomic mass is 9.98. The minimum absolute atomic E-state index is 0.907. The molecule has 0 saturated heterocycles. The molecule has 1 N–H and O–H groups in total. The standard InChI is InChI=1S/C6H7F7O.C2H6/c7-4(2-1-3-14,5(8,9)10)6(11,12)13;1-2/h14H,1-3H2;1-2H3. The van der Waals surface area contributed by atoms with Crippen LogP contribution in [-0.2, 0) is 0 Å². The molecule has 16 heavy (non-hydrogen) atoms. The molecule has 0 aliphatic rings. The molecule has 0 rings (SSSR count). The van der Waals surface area contributed by atoms with Crippen LogP contribution < -0.4 is 0 Å².